The van der Waals surface area contributed by atoms with E-state index < -0.39 is 0 Å². The fourth-order valence-electron chi connectivity index (χ4n) is 1.70. The Morgan fingerprint density at radius 1 is 1.38 bits per heavy atom. The van der Waals surface area contributed by atoms with Crippen molar-refractivity contribution in [2.24, 2.45) is 7.05 Å². The van der Waals surface area contributed by atoms with E-state index in [0.717, 1.165) is 22.7 Å². The molecule has 0 fully saturated rings. The summed E-state index contributed by atoms with van der Waals surface area (Å²) in [6.07, 6.45) is 0. The molecule has 0 amide bonds. The van der Waals surface area contributed by atoms with Gasteiger partial charge >= 0.3 is 0 Å². The summed E-state index contributed by atoms with van der Waals surface area (Å²) in [5.74, 6) is 1.26. The summed E-state index contributed by atoms with van der Waals surface area (Å²) in [6, 6.07) is 9.84. The molecule has 0 aliphatic rings. The van der Waals surface area contributed by atoms with Crippen LogP contribution in [0.4, 0.5) is 0 Å². The van der Waals surface area contributed by atoms with E-state index in [-0.39, 0.29) is 0 Å². The van der Waals surface area contributed by atoms with E-state index in [4.69, 9.17) is 16.3 Å². The third-order valence-electron chi connectivity index (χ3n) is 2.45. The maximum atomic E-state index is 5.77. The van der Waals surface area contributed by atoms with Gasteiger partial charge < -0.3 is 4.74 Å². The van der Waals surface area contributed by atoms with Gasteiger partial charge in [0.05, 0.1) is 24.4 Å². The molecular formula is C12H13ClN2O. The molecule has 2 rings (SSSR count). The molecule has 0 saturated heterocycles. The number of rotatable bonds is 3. The molecule has 0 radical (unpaired) electrons. The van der Waals surface area contributed by atoms with Crippen LogP contribution in [0.5, 0.6) is 5.75 Å². The van der Waals surface area contributed by atoms with Crippen molar-refractivity contribution in [1.29, 1.82) is 0 Å². The van der Waals surface area contributed by atoms with Crippen molar-refractivity contribution >= 4 is 11.6 Å². The molecule has 0 bridgehead atoms. The number of para-hydroxylation sites is 1. The van der Waals surface area contributed by atoms with Crippen molar-refractivity contribution in [3.63, 3.8) is 0 Å². The number of benzene rings is 1. The van der Waals surface area contributed by atoms with Gasteiger partial charge in [-0.15, -0.1) is 11.6 Å². The number of ether oxygens (including phenoxy) is 1. The van der Waals surface area contributed by atoms with Gasteiger partial charge in [0, 0.05) is 12.6 Å². The van der Waals surface area contributed by atoms with Crippen LogP contribution in [0.25, 0.3) is 11.3 Å². The van der Waals surface area contributed by atoms with Gasteiger partial charge in [-0.05, 0) is 18.2 Å². The maximum Gasteiger partial charge on any atom is 0.128 e. The first-order chi connectivity index (χ1) is 7.76. The second-order valence-electron chi connectivity index (χ2n) is 3.48. The number of hydrogen-bond donors (Lipinski definition) is 0. The molecule has 1 aromatic heterocycles. The largest absolute Gasteiger partial charge is 0.496 e. The molecule has 0 atom stereocenters. The minimum atomic E-state index is 0.420. The average Bonchev–Trinajstić information content (AvgIpc) is 2.70. The van der Waals surface area contributed by atoms with Gasteiger partial charge in [-0.1, -0.05) is 12.1 Å². The highest BCUT2D eigenvalue weighted by Crippen LogP contribution is 2.29. The minimum absolute atomic E-state index is 0.420. The lowest BCUT2D eigenvalue weighted by atomic mass is 10.1. The Hall–Kier alpha value is -1.48. The van der Waals surface area contributed by atoms with E-state index in [1.54, 1.807) is 7.11 Å². The highest BCUT2D eigenvalue weighted by Gasteiger charge is 2.10. The van der Waals surface area contributed by atoms with Crippen LogP contribution in [0, 0.1) is 0 Å². The molecule has 0 aliphatic carbocycles. The summed E-state index contributed by atoms with van der Waals surface area (Å²) in [7, 11) is 3.56. The van der Waals surface area contributed by atoms with E-state index in [1.165, 1.54) is 0 Å². The molecule has 0 saturated carbocycles. The summed E-state index contributed by atoms with van der Waals surface area (Å²) in [5, 5.41) is 4.31. The van der Waals surface area contributed by atoms with Crippen LogP contribution in [0.15, 0.2) is 30.3 Å². The zero-order chi connectivity index (χ0) is 11.5. The second-order valence-corrected chi connectivity index (χ2v) is 3.75. The summed E-state index contributed by atoms with van der Waals surface area (Å²) < 4.78 is 7.14. The van der Waals surface area contributed by atoms with Crippen molar-refractivity contribution in [3.05, 3.63) is 36.0 Å². The van der Waals surface area contributed by atoms with Crippen LogP contribution in [-0.4, -0.2) is 16.9 Å². The monoisotopic (exact) mass is 236 g/mol. The van der Waals surface area contributed by atoms with Crippen LogP contribution in [0.2, 0.25) is 0 Å². The number of hydrogen-bond acceptors (Lipinski definition) is 2. The van der Waals surface area contributed by atoms with Gasteiger partial charge in [0.25, 0.3) is 0 Å². The summed E-state index contributed by atoms with van der Waals surface area (Å²) in [6.45, 7) is 0. The molecule has 2 aromatic rings. The molecule has 1 heterocycles. The van der Waals surface area contributed by atoms with Crippen LogP contribution in [0.3, 0.4) is 0 Å². The first-order valence-electron chi connectivity index (χ1n) is 4.98. The van der Waals surface area contributed by atoms with E-state index in [1.807, 2.05) is 42.1 Å². The molecule has 0 unspecified atom stereocenters. The van der Waals surface area contributed by atoms with Gasteiger partial charge in [-0.25, -0.2) is 0 Å². The van der Waals surface area contributed by atoms with Gasteiger partial charge in [0.15, 0.2) is 0 Å². The molecule has 3 nitrogen and oxygen atoms in total. The lowest BCUT2D eigenvalue weighted by Gasteiger charge is -2.07. The van der Waals surface area contributed by atoms with Gasteiger partial charge in [0.1, 0.15) is 5.75 Å². The summed E-state index contributed by atoms with van der Waals surface area (Å²) >= 11 is 5.77. The predicted molar refractivity (Wildman–Crippen MR) is 64.8 cm³/mol. The molecule has 0 aliphatic heterocycles. The highest BCUT2D eigenvalue weighted by atomic mass is 35.5. The van der Waals surface area contributed by atoms with Crippen LogP contribution >= 0.6 is 11.6 Å². The third-order valence-corrected chi connectivity index (χ3v) is 2.72. The molecule has 4 heteroatoms. The summed E-state index contributed by atoms with van der Waals surface area (Å²) in [4.78, 5) is 0. The number of aryl methyl sites for hydroxylation is 1. The number of methoxy groups -OCH3 is 1. The molecule has 0 spiro atoms. The number of nitrogens with zero attached hydrogens (tertiary/aromatic N) is 2. The van der Waals surface area contributed by atoms with Crippen LogP contribution < -0.4 is 4.74 Å². The first kappa shape index (κ1) is 11.0. The highest BCUT2D eigenvalue weighted by molar-refractivity contribution is 6.16. The van der Waals surface area contributed by atoms with Gasteiger partial charge in [0.2, 0.25) is 0 Å². The lowest BCUT2D eigenvalue weighted by molar-refractivity contribution is 0.416. The Balaban J connectivity index is 2.53. The Labute approximate surface area is 99.6 Å². The molecular weight excluding hydrogens is 224 g/mol. The van der Waals surface area contributed by atoms with Crippen molar-refractivity contribution in [2.75, 3.05) is 7.11 Å². The average molecular weight is 237 g/mol. The Morgan fingerprint density at radius 3 is 2.75 bits per heavy atom. The maximum absolute atomic E-state index is 5.77. The standard InChI is InChI=1S/C12H13ClN2O/c1-15-11(7-9(8-13)14-15)10-5-3-4-6-12(10)16-2/h3-7H,8H2,1-2H3. The van der Waals surface area contributed by atoms with E-state index in [0.29, 0.717) is 5.88 Å². The number of halogens is 1. The van der Waals surface area contributed by atoms with Crippen molar-refractivity contribution in [2.45, 2.75) is 5.88 Å². The molecule has 1 aromatic carbocycles. The van der Waals surface area contributed by atoms with E-state index >= 15 is 0 Å². The third kappa shape index (κ3) is 1.91. The molecule has 0 N–H and O–H groups in total. The van der Waals surface area contributed by atoms with Crippen LogP contribution in [-0.2, 0) is 12.9 Å². The van der Waals surface area contributed by atoms with Crippen LogP contribution in [0.1, 0.15) is 5.69 Å². The summed E-state index contributed by atoms with van der Waals surface area (Å²) in [5.41, 5.74) is 2.90. The van der Waals surface area contributed by atoms with Crippen molar-refractivity contribution in [3.8, 4) is 17.0 Å². The Kier molecular flexibility index (Phi) is 3.15. The van der Waals surface area contributed by atoms with Crippen molar-refractivity contribution < 1.29 is 4.74 Å². The molecule has 84 valence electrons. The van der Waals surface area contributed by atoms with E-state index in [2.05, 4.69) is 5.10 Å². The predicted octanol–water partition coefficient (Wildman–Crippen LogP) is 2.83. The Bertz CT molecular complexity index is 494. The lowest BCUT2D eigenvalue weighted by Crippen LogP contribution is -1.96. The zero-order valence-electron chi connectivity index (χ0n) is 9.27. The van der Waals surface area contributed by atoms with E-state index in [9.17, 15) is 0 Å². The SMILES string of the molecule is COc1ccccc1-c1cc(CCl)nn1C. The smallest absolute Gasteiger partial charge is 0.128 e. The fourth-order valence-corrected chi connectivity index (χ4v) is 1.83. The Morgan fingerprint density at radius 2 is 2.12 bits per heavy atom. The minimum Gasteiger partial charge on any atom is -0.496 e. The van der Waals surface area contributed by atoms with Crippen molar-refractivity contribution in [1.82, 2.24) is 9.78 Å². The number of alkyl halides is 1. The quantitative estimate of drug-likeness (QED) is 0.767. The normalized spacial score (nSPS) is 10.4. The second kappa shape index (κ2) is 4.58. The fraction of sp³-hybridized carbons (Fsp3) is 0.250. The number of aromatic nitrogens is 2. The zero-order valence-corrected chi connectivity index (χ0v) is 10.0. The molecule has 16 heavy (non-hydrogen) atoms. The van der Waals surface area contributed by atoms with Gasteiger partial charge in [-0.2, -0.15) is 5.10 Å². The topological polar surface area (TPSA) is 27.1 Å². The first-order valence-corrected chi connectivity index (χ1v) is 5.52. The van der Waals surface area contributed by atoms with Gasteiger partial charge in [-0.3, -0.25) is 4.68 Å².